The van der Waals surface area contributed by atoms with E-state index in [1.807, 2.05) is 6.92 Å². The molecule has 0 saturated carbocycles. The normalized spacial score (nSPS) is 14.0. The highest BCUT2D eigenvalue weighted by Crippen LogP contribution is 2.10. The first-order chi connectivity index (χ1) is 7.54. The van der Waals surface area contributed by atoms with E-state index in [2.05, 4.69) is 38.0 Å². The Hall–Kier alpha value is -0.990. The molecular weight excluding hydrogens is 200 g/mol. The van der Waals surface area contributed by atoms with Crippen LogP contribution in [-0.2, 0) is 0 Å². The smallest absolute Gasteiger partial charge is 0.315 e. The zero-order chi connectivity index (χ0) is 12.6. The van der Waals surface area contributed by atoms with Crippen LogP contribution in [0.25, 0.3) is 0 Å². The minimum absolute atomic E-state index is 0.0811. The van der Waals surface area contributed by atoms with Gasteiger partial charge in [-0.15, -0.1) is 0 Å². The highest BCUT2D eigenvalue weighted by molar-refractivity contribution is 5.74. The quantitative estimate of drug-likeness (QED) is 0.643. The van der Waals surface area contributed by atoms with Crippen molar-refractivity contribution in [3.05, 3.63) is 12.2 Å². The van der Waals surface area contributed by atoms with Gasteiger partial charge >= 0.3 is 6.03 Å². The molecule has 0 aromatic carbocycles. The third kappa shape index (κ3) is 5.79. The van der Waals surface area contributed by atoms with Crippen LogP contribution < -0.4 is 10.6 Å². The van der Waals surface area contributed by atoms with E-state index in [1.165, 1.54) is 0 Å². The maximum absolute atomic E-state index is 11.7. The number of urea groups is 1. The maximum atomic E-state index is 11.7. The number of carbonyl (C=O) groups is 1. The van der Waals surface area contributed by atoms with Gasteiger partial charge in [-0.2, -0.15) is 0 Å². The van der Waals surface area contributed by atoms with Gasteiger partial charge in [-0.1, -0.05) is 39.3 Å². The average Bonchev–Trinajstić information content (AvgIpc) is 2.27. The fourth-order valence-electron chi connectivity index (χ4n) is 1.44. The summed E-state index contributed by atoms with van der Waals surface area (Å²) in [5.41, 5.74) is 1.10. The average molecular weight is 226 g/mol. The Morgan fingerprint density at radius 2 is 1.88 bits per heavy atom. The molecule has 0 aliphatic heterocycles. The zero-order valence-electron chi connectivity index (χ0n) is 11.1. The van der Waals surface area contributed by atoms with Gasteiger partial charge in [0.15, 0.2) is 0 Å². The number of nitrogens with one attached hydrogen (secondary N) is 2. The molecule has 0 aliphatic carbocycles. The monoisotopic (exact) mass is 226 g/mol. The maximum Gasteiger partial charge on any atom is 0.315 e. The van der Waals surface area contributed by atoms with E-state index in [0.29, 0.717) is 0 Å². The van der Waals surface area contributed by atoms with E-state index in [4.69, 9.17) is 0 Å². The summed E-state index contributed by atoms with van der Waals surface area (Å²) in [6.45, 7) is 12.2. The van der Waals surface area contributed by atoms with E-state index in [-0.39, 0.29) is 18.1 Å². The summed E-state index contributed by atoms with van der Waals surface area (Å²) in [5.74, 6) is 0. The lowest BCUT2D eigenvalue weighted by Crippen LogP contribution is -2.45. The molecular formula is C13H26N2O. The van der Waals surface area contributed by atoms with Gasteiger partial charge in [0, 0.05) is 6.04 Å². The molecule has 0 aromatic heterocycles. The summed E-state index contributed by atoms with van der Waals surface area (Å²) < 4.78 is 0. The largest absolute Gasteiger partial charge is 0.336 e. The fraction of sp³-hybridized carbons (Fsp3) is 0.769. The number of rotatable bonds is 7. The van der Waals surface area contributed by atoms with Crippen molar-refractivity contribution in [3.63, 3.8) is 0 Å². The summed E-state index contributed by atoms with van der Waals surface area (Å²) in [6, 6.07) is 0.249. The standard InChI is InChI=1S/C13H26N2O/c1-6-9-12(10(4)7-2)15-13(16)14-11(5)8-3/h11-12H,4,6-9H2,1-3,5H3,(H2,14,15,16)/t11?,12-/m0/s1. The molecule has 0 aliphatic rings. The zero-order valence-corrected chi connectivity index (χ0v) is 11.1. The molecule has 0 heterocycles. The van der Waals surface area contributed by atoms with Crippen molar-refractivity contribution in [1.29, 1.82) is 0 Å². The molecule has 2 N–H and O–H groups in total. The number of carbonyl (C=O) groups excluding carboxylic acids is 1. The van der Waals surface area contributed by atoms with Gasteiger partial charge in [0.2, 0.25) is 0 Å². The Kier molecular flexibility index (Phi) is 7.69. The Labute approximate surface area is 99.7 Å². The van der Waals surface area contributed by atoms with Gasteiger partial charge in [0.25, 0.3) is 0 Å². The van der Waals surface area contributed by atoms with Crippen molar-refractivity contribution < 1.29 is 4.79 Å². The van der Waals surface area contributed by atoms with Gasteiger partial charge in [-0.25, -0.2) is 4.79 Å². The fourth-order valence-corrected chi connectivity index (χ4v) is 1.44. The predicted molar refractivity (Wildman–Crippen MR) is 69.5 cm³/mol. The van der Waals surface area contributed by atoms with Gasteiger partial charge in [-0.05, 0) is 26.2 Å². The molecule has 2 amide bonds. The first-order valence-electron chi connectivity index (χ1n) is 6.29. The van der Waals surface area contributed by atoms with Crippen LogP contribution in [0.5, 0.6) is 0 Å². The molecule has 16 heavy (non-hydrogen) atoms. The second kappa shape index (κ2) is 8.20. The Morgan fingerprint density at radius 1 is 1.25 bits per heavy atom. The van der Waals surface area contributed by atoms with Crippen LogP contribution in [0.1, 0.15) is 53.4 Å². The van der Waals surface area contributed by atoms with Gasteiger partial charge in [0.1, 0.15) is 0 Å². The summed E-state index contributed by atoms with van der Waals surface area (Å²) in [6.07, 6.45) is 3.86. The van der Waals surface area contributed by atoms with Crippen molar-refractivity contribution in [3.8, 4) is 0 Å². The van der Waals surface area contributed by atoms with E-state index in [9.17, 15) is 4.79 Å². The third-order valence-electron chi connectivity index (χ3n) is 2.82. The molecule has 0 bridgehead atoms. The number of amides is 2. The number of hydrogen-bond donors (Lipinski definition) is 2. The van der Waals surface area contributed by atoms with Crippen molar-refractivity contribution in [2.75, 3.05) is 0 Å². The molecule has 3 nitrogen and oxygen atoms in total. The molecule has 94 valence electrons. The highest BCUT2D eigenvalue weighted by Gasteiger charge is 2.14. The summed E-state index contributed by atoms with van der Waals surface area (Å²) in [7, 11) is 0. The summed E-state index contributed by atoms with van der Waals surface area (Å²) in [5, 5.41) is 5.89. The van der Waals surface area contributed by atoms with Crippen molar-refractivity contribution in [1.82, 2.24) is 10.6 Å². The molecule has 0 saturated heterocycles. The van der Waals surface area contributed by atoms with Crippen molar-refractivity contribution in [2.24, 2.45) is 0 Å². The topological polar surface area (TPSA) is 41.1 Å². The minimum Gasteiger partial charge on any atom is -0.336 e. The molecule has 0 radical (unpaired) electrons. The lowest BCUT2D eigenvalue weighted by atomic mass is 10.0. The highest BCUT2D eigenvalue weighted by atomic mass is 16.2. The lowest BCUT2D eigenvalue weighted by molar-refractivity contribution is 0.234. The molecule has 0 fully saturated rings. The van der Waals surface area contributed by atoms with E-state index in [0.717, 1.165) is 31.3 Å². The first-order valence-corrected chi connectivity index (χ1v) is 6.29. The van der Waals surface area contributed by atoms with Gasteiger partial charge < -0.3 is 10.6 Å². The van der Waals surface area contributed by atoms with E-state index in [1.54, 1.807) is 0 Å². The van der Waals surface area contributed by atoms with Crippen LogP contribution in [0, 0.1) is 0 Å². The Balaban J connectivity index is 4.17. The SMILES string of the molecule is C=C(CC)[C@H](CCC)NC(=O)NC(C)CC. The predicted octanol–water partition coefficient (Wildman–Crippen LogP) is 3.22. The van der Waals surface area contributed by atoms with Crippen molar-refractivity contribution >= 4 is 6.03 Å². The molecule has 0 rings (SSSR count). The van der Waals surface area contributed by atoms with Gasteiger partial charge in [-0.3, -0.25) is 0 Å². The third-order valence-corrected chi connectivity index (χ3v) is 2.82. The minimum atomic E-state index is -0.0811. The van der Waals surface area contributed by atoms with E-state index < -0.39 is 0 Å². The molecule has 0 aromatic rings. The van der Waals surface area contributed by atoms with Crippen LogP contribution in [0.2, 0.25) is 0 Å². The summed E-state index contributed by atoms with van der Waals surface area (Å²) in [4.78, 5) is 11.7. The lowest BCUT2D eigenvalue weighted by Gasteiger charge is -2.21. The second-order valence-corrected chi connectivity index (χ2v) is 4.28. The van der Waals surface area contributed by atoms with Crippen molar-refractivity contribution in [2.45, 2.75) is 65.5 Å². The van der Waals surface area contributed by atoms with Crippen LogP contribution in [0.15, 0.2) is 12.2 Å². The van der Waals surface area contributed by atoms with Crippen LogP contribution >= 0.6 is 0 Å². The van der Waals surface area contributed by atoms with Crippen LogP contribution in [0.3, 0.4) is 0 Å². The Morgan fingerprint density at radius 3 is 2.31 bits per heavy atom. The number of hydrogen-bond acceptors (Lipinski definition) is 1. The van der Waals surface area contributed by atoms with Crippen LogP contribution in [0.4, 0.5) is 4.79 Å². The van der Waals surface area contributed by atoms with Gasteiger partial charge in [0.05, 0.1) is 6.04 Å². The van der Waals surface area contributed by atoms with Crippen LogP contribution in [-0.4, -0.2) is 18.1 Å². The molecule has 0 spiro atoms. The summed E-state index contributed by atoms with van der Waals surface area (Å²) >= 11 is 0. The molecule has 3 heteroatoms. The van der Waals surface area contributed by atoms with E-state index >= 15 is 0 Å². The molecule has 2 atom stereocenters. The molecule has 1 unspecified atom stereocenters. The Bertz CT molecular complexity index is 226. The first kappa shape index (κ1) is 15.0. The second-order valence-electron chi connectivity index (χ2n) is 4.28.